The van der Waals surface area contributed by atoms with E-state index in [9.17, 15) is 0 Å². The van der Waals surface area contributed by atoms with Crippen molar-refractivity contribution >= 4 is 0 Å². The summed E-state index contributed by atoms with van der Waals surface area (Å²) < 4.78 is 0. The van der Waals surface area contributed by atoms with Crippen molar-refractivity contribution in [3.63, 3.8) is 0 Å². The fourth-order valence-electron chi connectivity index (χ4n) is 5.88. The summed E-state index contributed by atoms with van der Waals surface area (Å²) >= 11 is 0. The zero-order valence-electron chi connectivity index (χ0n) is 25.4. The maximum absolute atomic E-state index is 2.57. The third-order valence-corrected chi connectivity index (χ3v) is 8.67. The minimum atomic E-state index is 0.664. The van der Waals surface area contributed by atoms with Crippen molar-refractivity contribution < 1.29 is 0 Å². The van der Waals surface area contributed by atoms with Crippen LogP contribution in [0.25, 0.3) is 0 Å². The monoisotopic (exact) mass is 525 g/mol. The maximum Gasteiger partial charge on any atom is 0.0243 e. The van der Waals surface area contributed by atoms with Gasteiger partial charge in [0, 0.05) is 57.4 Å². The molecule has 3 aromatic carbocycles. The molecule has 0 spiro atoms. The Morgan fingerprint density at radius 3 is 1.05 bits per heavy atom. The van der Waals surface area contributed by atoms with E-state index in [0.717, 1.165) is 19.6 Å². The van der Waals surface area contributed by atoms with Crippen LogP contribution in [0.2, 0.25) is 0 Å². The first-order valence-electron chi connectivity index (χ1n) is 15.2. The van der Waals surface area contributed by atoms with Gasteiger partial charge in [0.1, 0.15) is 0 Å². The van der Waals surface area contributed by atoms with E-state index >= 15 is 0 Å². The van der Waals surface area contributed by atoms with Gasteiger partial charge in [0.25, 0.3) is 0 Å². The van der Waals surface area contributed by atoms with E-state index in [1.807, 2.05) is 0 Å². The average molecular weight is 526 g/mol. The molecular weight excluding hydrogens is 474 g/mol. The number of hydrogen-bond acceptors (Lipinski definition) is 3. The van der Waals surface area contributed by atoms with E-state index in [1.165, 1.54) is 55.6 Å². The van der Waals surface area contributed by atoms with Crippen molar-refractivity contribution in [2.75, 3.05) is 19.6 Å². The number of benzene rings is 3. The average Bonchev–Trinajstić information content (AvgIpc) is 3.27. The molecule has 0 radical (unpaired) electrons. The molecule has 0 atom stereocenters. The summed E-state index contributed by atoms with van der Waals surface area (Å²) in [5.41, 5.74) is 9.17. The van der Waals surface area contributed by atoms with Gasteiger partial charge in [0.05, 0.1) is 0 Å². The molecule has 0 unspecified atom stereocenters. The number of hydrogen-bond donors (Lipinski definition) is 0. The quantitative estimate of drug-likeness (QED) is 0.354. The molecule has 0 amide bonds. The van der Waals surface area contributed by atoms with Crippen molar-refractivity contribution in [1.82, 2.24) is 14.7 Å². The molecule has 3 aliphatic rings. The van der Waals surface area contributed by atoms with E-state index in [0.29, 0.717) is 18.1 Å². The fraction of sp³-hybridized carbons (Fsp3) is 0.500. The second kappa shape index (κ2) is 14.3. The lowest BCUT2D eigenvalue weighted by Crippen LogP contribution is -2.35. The van der Waals surface area contributed by atoms with Gasteiger partial charge in [-0.2, -0.15) is 0 Å². The highest BCUT2D eigenvalue weighted by Gasteiger charge is 2.20. The molecule has 0 saturated carbocycles. The van der Waals surface area contributed by atoms with Crippen LogP contribution in [-0.2, 0) is 38.9 Å². The Bertz CT molecular complexity index is 1110. The molecule has 0 N–H and O–H groups in total. The second-order valence-corrected chi connectivity index (χ2v) is 12.2. The van der Waals surface area contributed by atoms with E-state index in [-0.39, 0.29) is 0 Å². The van der Waals surface area contributed by atoms with E-state index in [4.69, 9.17) is 0 Å². The lowest BCUT2D eigenvalue weighted by molar-refractivity contribution is 0.203. The molecule has 0 fully saturated rings. The maximum atomic E-state index is 2.57. The molecule has 6 rings (SSSR count). The standard InChI is InChI=1S/C13H19N.C12H17N.C11H15N/c1-11(2)14-9-7-12-5-3-4-6-13(12)8-10-14;1-10(2)13-8-7-11-5-3-4-6-12(11)9-13;1-9(2)12-7-10-5-3-4-6-11(10)8-12/h3-6,11H,7-10H2,1-2H3;3-6,10H,7-9H2,1-2H3;3-6,9H,7-8H2,1-2H3. The van der Waals surface area contributed by atoms with Gasteiger partial charge in [-0.05, 0) is 94.2 Å². The Labute approximate surface area is 238 Å². The largest absolute Gasteiger partial charge is 0.300 e. The van der Waals surface area contributed by atoms with Gasteiger partial charge >= 0.3 is 0 Å². The van der Waals surface area contributed by atoms with Crippen molar-refractivity contribution in [2.45, 2.75) is 98.6 Å². The van der Waals surface area contributed by atoms with E-state index in [1.54, 1.807) is 16.7 Å². The molecule has 39 heavy (non-hydrogen) atoms. The molecule has 3 aromatic rings. The van der Waals surface area contributed by atoms with Crippen molar-refractivity contribution in [1.29, 1.82) is 0 Å². The van der Waals surface area contributed by atoms with Gasteiger partial charge < -0.3 is 4.90 Å². The molecular formula is C36H51N3. The third-order valence-electron chi connectivity index (χ3n) is 8.67. The zero-order chi connectivity index (χ0) is 27.8. The second-order valence-electron chi connectivity index (χ2n) is 12.2. The molecule has 210 valence electrons. The minimum Gasteiger partial charge on any atom is -0.300 e. The first-order chi connectivity index (χ1) is 18.8. The zero-order valence-corrected chi connectivity index (χ0v) is 25.4. The Morgan fingerprint density at radius 2 is 0.667 bits per heavy atom. The highest BCUT2D eigenvalue weighted by atomic mass is 15.2. The van der Waals surface area contributed by atoms with Gasteiger partial charge in [-0.15, -0.1) is 0 Å². The highest BCUT2D eigenvalue weighted by molar-refractivity contribution is 5.31. The van der Waals surface area contributed by atoms with Crippen LogP contribution < -0.4 is 0 Å². The first kappa shape index (κ1) is 29.5. The molecule has 0 saturated heterocycles. The first-order valence-corrected chi connectivity index (χ1v) is 15.2. The van der Waals surface area contributed by atoms with Crippen LogP contribution in [0, 0.1) is 0 Å². The summed E-state index contributed by atoms with van der Waals surface area (Å²) in [5.74, 6) is 0. The summed E-state index contributed by atoms with van der Waals surface area (Å²) in [6.07, 6.45) is 3.65. The van der Waals surface area contributed by atoms with Crippen molar-refractivity contribution in [3.8, 4) is 0 Å². The molecule has 0 aliphatic carbocycles. The van der Waals surface area contributed by atoms with Crippen LogP contribution in [0.15, 0.2) is 72.8 Å². The molecule has 3 aliphatic heterocycles. The van der Waals surface area contributed by atoms with Gasteiger partial charge in [-0.25, -0.2) is 0 Å². The summed E-state index contributed by atoms with van der Waals surface area (Å²) in [7, 11) is 0. The lowest BCUT2D eigenvalue weighted by atomic mass is 9.99. The van der Waals surface area contributed by atoms with Gasteiger partial charge in [-0.3, -0.25) is 9.80 Å². The van der Waals surface area contributed by atoms with E-state index < -0.39 is 0 Å². The van der Waals surface area contributed by atoms with Crippen LogP contribution >= 0.6 is 0 Å². The Balaban J connectivity index is 0.000000136. The Morgan fingerprint density at radius 1 is 0.385 bits per heavy atom. The summed E-state index contributed by atoms with van der Waals surface area (Å²) in [6, 6.07) is 28.4. The lowest BCUT2D eigenvalue weighted by Gasteiger charge is -2.31. The van der Waals surface area contributed by atoms with E-state index in [2.05, 4.69) is 129 Å². The van der Waals surface area contributed by atoms with Crippen LogP contribution in [0.4, 0.5) is 0 Å². The van der Waals surface area contributed by atoms with Gasteiger partial charge in [0.15, 0.2) is 0 Å². The number of nitrogens with zero attached hydrogens (tertiary/aromatic N) is 3. The predicted molar refractivity (Wildman–Crippen MR) is 167 cm³/mol. The smallest absolute Gasteiger partial charge is 0.0243 e. The minimum absolute atomic E-state index is 0.664. The van der Waals surface area contributed by atoms with Crippen LogP contribution in [0.1, 0.15) is 74.9 Å². The highest BCUT2D eigenvalue weighted by Crippen LogP contribution is 2.23. The van der Waals surface area contributed by atoms with Crippen LogP contribution in [-0.4, -0.2) is 52.5 Å². The fourth-order valence-corrected chi connectivity index (χ4v) is 5.88. The Hall–Kier alpha value is -2.46. The molecule has 3 heteroatoms. The molecule has 3 nitrogen and oxygen atoms in total. The predicted octanol–water partition coefficient (Wildman–Crippen LogP) is 7.36. The SMILES string of the molecule is CC(C)N1CCc2ccccc2C1.CC(C)N1CCc2ccccc2CC1.CC(C)N1Cc2ccccc2C1. The van der Waals surface area contributed by atoms with Gasteiger partial charge in [-0.1, -0.05) is 72.8 Å². The summed E-state index contributed by atoms with van der Waals surface area (Å²) in [5, 5.41) is 0. The summed E-state index contributed by atoms with van der Waals surface area (Å²) in [4.78, 5) is 7.59. The molecule has 3 heterocycles. The van der Waals surface area contributed by atoms with Crippen LogP contribution in [0.3, 0.4) is 0 Å². The topological polar surface area (TPSA) is 9.72 Å². The van der Waals surface area contributed by atoms with Gasteiger partial charge in [0.2, 0.25) is 0 Å². The number of fused-ring (bicyclic) bond motifs is 3. The Kier molecular flexibility index (Phi) is 10.8. The molecule has 0 aromatic heterocycles. The normalized spacial score (nSPS) is 17.5. The molecule has 0 bridgehead atoms. The van der Waals surface area contributed by atoms with Crippen molar-refractivity contribution in [3.05, 3.63) is 106 Å². The third kappa shape index (κ3) is 8.27. The summed E-state index contributed by atoms with van der Waals surface area (Å²) in [6.45, 7) is 20.7. The number of rotatable bonds is 3. The van der Waals surface area contributed by atoms with Crippen LogP contribution in [0.5, 0.6) is 0 Å². The van der Waals surface area contributed by atoms with Crippen molar-refractivity contribution in [2.24, 2.45) is 0 Å².